The molecule has 0 spiro atoms. The topological polar surface area (TPSA) is 31.6 Å². The van der Waals surface area contributed by atoms with E-state index < -0.39 is 0 Å². The molecule has 86 heavy (non-hydrogen) atoms. The summed E-state index contributed by atoms with van der Waals surface area (Å²) in [5.41, 5.74) is 21.3. The van der Waals surface area contributed by atoms with Crippen molar-refractivity contribution in [1.29, 1.82) is 0 Å². The molecule has 19 aromatic rings. The summed E-state index contributed by atoms with van der Waals surface area (Å²) in [6, 6.07) is 86.8. The number of para-hydroxylation sites is 4. The van der Waals surface area contributed by atoms with E-state index in [1.54, 1.807) is 0 Å². The van der Waals surface area contributed by atoms with Gasteiger partial charge in [0.1, 0.15) is 5.65 Å². The van der Waals surface area contributed by atoms with Crippen LogP contribution in [0.25, 0.3) is 175 Å². The Morgan fingerprint density at radius 3 is 1.41 bits per heavy atom. The fraction of sp³-hybridized carbons (Fsp3) is 0.0988. The van der Waals surface area contributed by atoms with E-state index >= 15 is 0 Å². The van der Waals surface area contributed by atoms with Crippen LogP contribution in [0.5, 0.6) is 0 Å². The van der Waals surface area contributed by atoms with Crippen molar-refractivity contribution in [3.63, 3.8) is 0 Å². The third kappa shape index (κ3) is 6.26. The maximum atomic E-state index is 5.85. The lowest BCUT2D eigenvalue weighted by atomic mass is 9.83. The van der Waals surface area contributed by atoms with Crippen LogP contribution in [0.15, 0.2) is 237 Å². The lowest BCUT2D eigenvalue weighted by Gasteiger charge is -2.22. The van der Waals surface area contributed by atoms with Crippen molar-refractivity contribution in [3.05, 3.63) is 248 Å². The highest BCUT2D eigenvalue weighted by molar-refractivity contribution is 6.40. The van der Waals surface area contributed by atoms with Crippen molar-refractivity contribution in [2.24, 2.45) is 0 Å². The fourth-order valence-corrected chi connectivity index (χ4v) is 15.5. The zero-order valence-electron chi connectivity index (χ0n) is 48.8. The van der Waals surface area contributed by atoms with Crippen LogP contribution in [0, 0.1) is 0 Å². The van der Waals surface area contributed by atoms with Crippen LogP contribution in [-0.4, -0.2) is 22.9 Å². The molecule has 0 aliphatic rings. The van der Waals surface area contributed by atoms with Crippen molar-refractivity contribution in [1.82, 2.24) is 22.9 Å². The summed E-state index contributed by atoms with van der Waals surface area (Å²) in [6.07, 6.45) is 2.22. The Labute approximate surface area is 495 Å². The first-order valence-corrected chi connectivity index (χ1v) is 30.3. The largest absolute Gasteiger partial charge is 0.309 e. The molecule has 0 atom stereocenters. The Morgan fingerprint density at radius 1 is 0.302 bits per heavy atom. The maximum absolute atomic E-state index is 5.85. The van der Waals surface area contributed by atoms with Crippen molar-refractivity contribution in [2.45, 2.75) is 52.4 Å². The average Bonchev–Trinajstić information content (AvgIpc) is 1.50. The number of nitrogens with zero attached hydrogens (tertiary/aromatic N) is 5. The minimum atomic E-state index is -0.141. The molecule has 7 heterocycles. The maximum Gasteiger partial charge on any atom is 0.146 e. The lowest BCUT2D eigenvalue weighted by molar-refractivity contribution is 0.591. The summed E-state index contributed by atoms with van der Waals surface area (Å²) >= 11 is 0. The van der Waals surface area contributed by atoms with E-state index in [2.05, 4.69) is 296 Å². The predicted molar refractivity (Wildman–Crippen MR) is 366 cm³/mol. The van der Waals surface area contributed by atoms with Gasteiger partial charge in [0, 0.05) is 87.1 Å². The first-order chi connectivity index (χ1) is 42.0. The zero-order chi connectivity index (χ0) is 57.2. The van der Waals surface area contributed by atoms with Crippen LogP contribution in [0.1, 0.15) is 52.7 Å². The molecule has 0 bridgehead atoms. The number of benzene rings is 12. The van der Waals surface area contributed by atoms with E-state index in [1.165, 1.54) is 164 Å². The summed E-state index contributed by atoms with van der Waals surface area (Å²) < 4.78 is 10.0. The molecule has 12 aromatic carbocycles. The summed E-state index contributed by atoms with van der Waals surface area (Å²) in [5, 5.41) is 19.9. The Bertz CT molecular complexity index is 6130. The quantitative estimate of drug-likeness (QED) is 0.173. The van der Waals surface area contributed by atoms with Crippen LogP contribution < -0.4 is 0 Å². The van der Waals surface area contributed by atoms with E-state index in [0.29, 0.717) is 0 Å². The molecule has 5 heteroatoms. The zero-order valence-corrected chi connectivity index (χ0v) is 48.8. The second kappa shape index (κ2) is 16.6. The van der Waals surface area contributed by atoms with Gasteiger partial charge in [-0.05, 0) is 152 Å². The summed E-state index contributed by atoms with van der Waals surface area (Å²) in [7, 11) is 0. The molecule has 0 N–H and O–H groups in total. The normalized spacial score (nSPS) is 13.0. The monoisotopic (exact) mass is 1100 g/mol. The van der Waals surface area contributed by atoms with Crippen molar-refractivity contribution < 1.29 is 0 Å². The molecule has 19 rings (SSSR count). The summed E-state index contributed by atoms with van der Waals surface area (Å²) in [4.78, 5) is 5.85. The number of aromatic nitrogens is 5. The Balaban J connectivity index is 0.968. The smallest absolute Gasteiger partial charge is 0.146 e. The molecule has 0 saturated heterocycles. The van der Waals surface area contributed by atoms with Gasteiger partial charge in [-0.25, -0.2) is 4.98 Å². The Kier molecular flexibility index (Phi) is 9.28. The molecule has 0 amide bonds. The minimum Gasteiger partial charge on any atom is -0.309 e. The van der Waals surface area contributed by atoms with Crippen molar-refractivity contribution >= 4 is 141 Å². The van der Waals surface area contributed by atoms with Gasteiger partial charge in [-0.1, -0.05) is 175 Å². The van der Waals surface area contributed by atoms with E-state index in [0.717, 1.165) is 22.5 Å². The van der Waals surface area contributed by atoms with Crippen LogP contribution in [-0.2, 0) is 10.8 Å². The van der Waals surface area contributed by atoms with Gasteiger partial charge in [0.2, 0.25) is 0 Å². The molecular formula is C81H57N5. The van der Waals surface area contributed by atoms with Crippen molar-refractivity contribution in [3.8, 4) is 33.6 Å². The number of fused-ring (bicyclic) bond motifs is 22. The molecular weight excluding hydrogens is 1040 g/mol. The summed E-state index contributed by atoms with van der Waals surface area (Å²) in [6.45, 7) is 14.2. The van der Waals surface area contributed by atoms with Crippen LogP contribution in [0.2, 0.25) is 0 Å². The first kappa shape index (κ1) is 47.9. The van der Waals surface area contributed by atoms with E-state index in [4.69, 9.17) is 4.98 Å². The number of hydrogen-bond donors (Lipinski definition) is 0. The van der Waals surface area contributed by atoms with Crippen LogP contribution in [0.3, 0.4) is 0 Å². The lowest BCUT2D eigenvalue weighted by Crippen LogP contribution is -2.11. The third-order valence-corrected chi connectivity index (χ3v) is 19.5. The molecule has 5 nitrogen and oxygen atoms in total. The average molecular weight is 1100 g/mol. The van der Waals surface area contributed by atoms with E-state index in [9.17, 15) is 0 Å². The second-order valence-electron chi connectivity index (χ2n) is 26.3. The van der Waals surface area contributed by atoms with Gasteiger partial charge in [0.15, 0.2) is 0 Å². The molecule has 0 unspecified atom stereocenters. The predicted octanol–water partition coefficient (Wildman–Crippen LogP) is 21.8. The highest BCUT2D eigenvalue weighted by Gasteiger charge is 2.32. The van der Waals surface area contributed by atoms with Crippen LogP contribution in [0.4, 0.5) is 0 Å². The first-order valence-electron chi connectivity index (χ1n) is 30.3. The highest BCUT2D eigenvalue weighted by Crippen LogP contribution is 2.53. The van der Waals surface area contributed by atoms with Gasteiger partial charge in [0.05, 0.1) is 55.8 Å². The number of hydrogen-bond acceptors (Lipinski definition) is 1. The van der Waals surface area contributed by atoms with E-state index in [-0.39, 0.29) is 10.8 Å². The van der Waals surface area contributed by atoms with Gasteiger partial charge in [-0.3, -0.25) is 4.40 Å². The Morgan fingerprint density at radius 2 is 0.779 bits per heavy atom. The fourth-order valence-electron chi connectivity index (χ4n) is 15.5. The highest BCUT2D eigenvalue weighted by atomic mass is 15.0. The SMILES string of the molecule is CC(C)(C)c1cc(-c2ccc3c(c2)c2ccccc2n3-c2ccccc2)c2c(c1)c1cc(C(C)(C)C)cc3c4c5c6cc7ccccc7c7c8cc9ccccc9c(-c9ccc%10c(c9)c9ccccc9n%10-c9ccccc9)c8n(c5cnc4n2c13)c67. The molecule has 0 saturated carbocycles. The molecule has 0 aliphatic carbocycles. The van der Waals surface area contributed by atoms with Gasteiger partial charge >= 0.3 is 0 Å². The Hall–Kier alpha value is -10.5. The number of pyridine rings is 1. The summed E-state index contributed by atoms with van der Waals surface area (Å²) in [5.74, 6) is 0. The third-order valence-electron chi connectivity index (χ3n) is 19.5. The molecule has 0 radical (unpaired) electrons. The van der Waals surface area contributed by atoms with Gasteiger partial charge in [-0.15, -0.1) is 0 Å². The minimum absolute atomic E-state index is 0.120. The molecule has 0 aliphatic heterocycles. The van der Waals surface area contributed by atoms with Gasteiger partial charge in [0.25, 0.3) is 0 Å². The van der Waals surface area contributed by atoms with Gasteiger partial charge in [-0.2, -0.15) is 0 Å². The standard InChI is InChI=1S/C81H57N5/c1-80(2,3)50-41-58(48-33-35-68-59(37-48)56-29-17-19-31-66(56)83(68)52-23-9-7-10-24-52)75-61(42-50)62-43-51(81(4,5)6)44-65-74-73-64-39-47-22-14-16-28-55(47)72-63-38-46-21-13-15-27-54(46)71(77(63)85(78(64)72)70(73)45-82-79(74)86(75)76(62)65)49-34-36-69-60(40-49)57-30-18-20-32-67(57)84(69)53-25-11-8-12-26-53/h7-45H,1-6H3. The molecule has 406 valence electrons. The van der Waals surface area contributed by atoms with Crippen molar-refractivity contribution in [2.75, 3.05) is 0 Å². The second-order valence-corrected chi connectivity index (χ2v) is 26.3. The van der Waals surface area contributed by atoms with E-state index in [1.807, 2.05) is 0 Å². The van der Waals surface area contributed by atoms with Gasteiger partial charge < -0.3 is 13.5 Å². The molecule has 0 fully saturated rings. The van der Waals surface area contributed by atoms with Crippen LogP contribution >= 0.6 is 0 Å². The molecule has 7 aromatic heterocycles. The number of rotatable bonds is 4.